The van der Waals surface area contributed by atoms with Crippen LogP contribution < -0.4 is 0 Å². The topological polar surface area (TPSA) is 23.5 Å². The Balaban J connectivity index is 0.00000161. The van der Waals surface area contributed by atoms with Crippen molar-refractivity contribution in [3.8, 4) is 0 Å². The van der Waals surface area contributed by atoms with Crippen LogP contribution in [0.5, 0.6) is 0 Å². The van der Waals surface area contributed by atoms with Crippen molar-refractivity contribution in [3.05, 3.63) is 71.8 Å². The molecule has 21 heavy (non-hydrogen) atoms. The summed E-state index contributed by atoms with van der Waals surface area (Å²) in [6.07, 6.45) is 1.38. The molecule has 0 aliphatic carbocycles. The molecule has 2 unspecified atom stereocenters. The molecule has 2 atom stereocenters. The number of piperidine rings is 1. The van der Waals surface area contributed by atoms with Gasteiger partial charge in [-0.15, -0.1) is 12.4 Å². The lowest BCUT2D eigenvalue weighted by atomic mass is 9.86. The molecule has 0 aromatic heterocycles. The molecule has 2 aromatic rings. The Morgan fingerprint density at radius 3 is 1.57 bits per heavy atom. The molecule has 1 heterocycles. The molecule has 112 valence electrons. The predicted molar refractivity (Wildman–Crippen MR) is 88.6 cm³/mol. The summed E-state index contributed by atoms with van der Waals surface area (Å²) in [5, 5.41) is 10.3. The first kappa shape index (κ1) is 16.0. The molecule has 0 spiro atoms. The third-order valence-corrected chi connectivity index (χ3v) is 4.34. The van der Waals surface area contributed by atoms with Gasteiger partial charge in [0.15, 0.2) is 0 Å². The molecule has 0 radical (unpaired) electrons. The van der Waals surface area contributed by atoms with Crippen molar-refractivity contribution in [2.45, 2.75) is 31.0 Å². The van der Waals surface area contributed by atoms with E-state index < -0.39 is 0 Å². The van der Waals surface area contributed by atoms with Crippen LogP contribution in [-0.2, 0) is 0 Å². The lowest BCUT2D eigenvalue weighted by molar-refractivity contribution is 0.0140. The second-order valence-electron chi connectivity index (χ2n) is 5.64. The van der Waals surface area contributed by atoms with Crippen LogP contribution in [0.2, 0.25) is 0 Å². The van der Waals surface area contributed by atoms with E-state index >= 15 is 0 Å². The van der Waals surface area contributed by atoms with Crippen LogP contribution in [0.1, 0.15) is 36.1 Å². The Hall–Kier alpha value is -1.35. The first-order valence-corrected chi connectivity index (χ1v) is 7.25. The highest BCUT2D eigenvalue weighted by atomic mass is 35.5. The first-order valence-electron chi connectivity index (χ1n) is 7.25. The molecule has 0 bridgehead atoms. The quantitative estimate of drug-likeness (QED) is 0.907. The van der Waals surface area contributed by atoms with Crippen LogP contribution in [0.15, 0.2) is 60.7 Å². The van der Waals surface area contributed by atoms with Gasteiger partial charge in [-0.2, -0.15) is 0 Å². The number of nitrogens with zero attached hydrogens (tertiary/aromatic N) is 1. The average molecular weight is 304 g/mol. The van der Waals surface area contributed by atoms with Gasteiger partial charge in [-0.1, -0.05) is 60.7 Å². The lowest BCUT2D eigenvalue weighted by Gasteiger charge is -2.42. The number of likely N-dealkylation sites (tertiary alicyclic amines) is 1. The number of aliphatic hydroxyl groups is 1. The van der Waals surface area contributed by atoms with E-state index in [9.17, 15) is 5.11 Å². The maximum absolute atomic E-state index is 10.3. The summed E-state index contributed by atoms with van der Waals surface area (Å²) in [5.74, 6) is 0. The Morgan fingerprint density at radius 2 is 1.19 bits per heavy atom. The third kappa shape index (κ3) is 3.46. The Kier molecular flexibility index (Phi) is 5.40. The summed E-state index contributed by atoms with van der Waals surface area (Å²) in [4.78, 5) is 2.40. The number of hydrogen-bond donors (Lipinski definition) is 1. The third-order valence-electron chi connectivity index (χ3n) is 4.34. The Morgan fingerprint density at radius 1 is 0.810 bits per heavy atom. The van der Waals surface area contributed by atoms with Crippen molar-refractivity contribution < 1.29 is 5.11 Å². The molecular weight excluding hydrogens is 282 g/mol. The molecule has 0 amide bonds. The van der Waals surface area contributed by atoms with Crippen molar-refractivity contribution >= 4 is 12.4 Å². The van der Waals surface area contributed by atoms with Crippen molar-refractivity contribution in [2.75, 3.05) is 7.05 Å². The zero-order valence-corrected chi connectivity index (χ0v) is 13.0. The van der Waals surface area contributed by atoms with E-state index in [0.717, 1.165) is 12.8 Å². The summed E-state index contributed by atoms with van der Waals surface area (Å²) < 4.78 is 0. The van der Waals surface area contributed by atoms with E-state index in [1.807, 2.05) is 12.1 Å². The highest BCUT2D eigenvalue weighted by Crippen LogP contribution is 2.40. The molecular formula is C18H22ClNO. The summed E-state index contributed by atoms with van der Waals surface area (Å²) in [7, 11) is 2.17. The van der Waals surface area contributed by atoms with Crippen molar-refractivity contribution in [2.24, 2.45) is 0 Å². The van der Waals surface area contributed by atoms with Gasteiger partial charge in [0.05, 0.1) is 6.10 Å². The Bertz CT molecular complexity index is 496. The zero-order chi connectivity index (χ0) is 13.9. The number of halogens is 1. The van der Waals surface area contributed by atoms with Crippen LogP contribution in [0.4, 0.5) is 0 Å². The Labute approximate surface area is 132 Å². The maximum atomic E-state index is 10.3. The van der Waals surface area contributed by atoms with Gasteiger partial charge in [-0.3, -0.25) is 4.90 Å². The SMILES string of the molecule is CN1C(c2ccccc2)CC(O)CC1c1ccccc1.Cl. The molecule has 3 heteroatoms. The van der Waals surface area contributed by atoms with Crippen molar-refractivity contribution in [1.82, 2.24) is 4.90 Å². The minimum Gasteiger partial charge on any atom is -0.393 e. The van der Waals surface area contributed by atoms with Gasteiger partial charge in [-0.05, 0) is 31.0 Å². The number of rotatable bonds is 2. The van der Waals surface area contributed by atoms with Gasteiger partial charge < -0.3 is 5.11 Å². The lowest BCUT2D eigenvalue weighted by Crippen LogP contribution is -2.38. The molecule has 1 saturated heterocycles. The molecule has 0 saturated carbocycles. The molecule has 1 N–H and O–H groups in total. The molecule has 1 aliphatic rings. The summed E-state index contributed by atoms with van der Waals surface area (Å²) in [6.45, 7) is 0. The highest BCUT2D eigenvalue weighted by Gasteiger charge is 2.33. The fourth-order valence-corrected chi connectivity index (χ4v) is 3.25. The van der Waals surface area contributed by atoms with E-state index in [1.54, 1.807) is 0 Å². The van der Waals surface area contributed by atoms with Crippen LogP contribution in [0, 0.1) is 0 Å². The summed E-state index contributed by atoms with van der Waals surface area (Å²) >= 11 is 0. The van der Waals surface area contributed by atoms with Crippen LogP contribution in [-0.4, -0.2) is 23.2 Å². The van der Waals surface area contributed by atoms with Gasteiger partial charge in [-0.25, -0.2) is 0 Å². The van der Waals surface area contributed by atoms with Crippen LogP contribution >= 0.6 is 12.4 Å². The smallest absolute Gasteiger partial charge is 0.0576 e. The highest BCUT2D eigenvalue weighted by molar-refractivity contribution is 5.85. The molecule has 1 fully saturated rings. The van der Waals surface area contributed by atoms with Gasteiger partial charge in [0.25, 0.3) is 0 Å². The summed E-state index contributed by atoms with van der Waals surface area (Å²) in [6, 6.07) is 21.5. The minimum absolute atomic E-state index is 0. The van der Waals surface area contributed by atoms with Gasteiger partial charge in [0.1, 0.15) is 0 Å². The van der Waals surface area contributed by atoms with Crippen molar-refractivity contribution in [1.29, 1.82) is 0 Å². The molecule has 1 aliphatic heterocycles. The van der Waals surface area contributed by atoms with Gasteiger partial charge >= 0.3 is 0 Å². The maximum Gasteiger partial charge on any atom is 0.0576 e. The fourth-order valence-electron chi connectivity index (χ4n) is 3.25. The van der Waals surface area contributed by atoms with E-state index in [1.165, 1.54) is 11.1 Å². The van der Waals surface area contributed by atoms with E-state index in [0.29, 0.717) is 0 Å². The van der Waals surface area contributed by atoms with Crippen LogP contribution in [0.3, 0.4) is 0 Å². The summed E-state index contributed by atoms with van der Waals surface area (Å²) in [5.41, 5.74) is 2.57. The van der Waals surface area contributed by atoms with Gasteiger partial charge in [0, 0.05) is 12.1 Å². The molecule has 2 nitrogen and oxygen atoms in total. The normalized spacial score (nSPS) is 26.1. The minimum atomic E-state index is -0.235. The van der Waals surface area contributed by atoms with Gasteiger partial charge in [0.2, 0.25) is 0 Å². The van der Waals surface area contributed by atoms with E-state index in [-0.39, 0.29) is 30.6 Å². The molecule has 2 aromatic carbocycles. The average Bonchev–Trinajstić information content (AvgIpc) is 2.51. The van der Waals surface area contributed by atoms with Crippen molar-refractivity contribution in [3.63, 3.8) is 0 Å². The number of aliphatic hydroxyl groups excluding tert-OH is 1. The first-order chi connectivity index (χ1) is 9.75. The standard InChI is InChI=1S/C18H21NO.ClH/c1-19-17(14-8-4-2-5-9-14)12-16(20)13-18(19)15-10-6-3-7-11-15;/h2-11,16-18,20H,12-13H2,1H3;1H. The van der Waals surface area contributed by atoms with E-state index in [2.05, 4.69) is 60.5 Å². The number of benzene rings is 2. The second kappa shape index (κ2) is 7.08. The fraction of sp³-hybridized carbons (Fsp3) is 0.333. The predicted octanol–water partition coefficient (Wildman–Crippen LogP) is 3.98. The second-order valence-corrected chi connectivity index (χ2v) is 5.64. The van der Waals surface area contributed by atoms with E-state index in [4.69, 9.17) is 0 Å². The number of hydrogen-bond acceptors (Lipinski definition) is 2. The van der Waals surface area contributed by atoms with Crippen LogP contribution in [0.25, 0.3) is 0 Å². The monoisotopic (exact) mass is 303 g/mol. The molecule has 3 rings (SSSR count). The zero-order valence-electron chi connectivity index (χ0n) is 12.2. The largest absolute Gasteiger partial charge is 0.393 e.